The van der Waals surface area contributed by atoms with Gasteiger partial charge in [-0.25, -0.2) is 0 Å². The molecule has 0 bridgehead atoms. The molecular weight excluding hydrogens is 188 g/mol. The average Bonchev–Trinajstić information content (AvgIpc) is 2.20. The number of pyridine rings is 1. The number of hydrogen-bond acceptors (Lipinski definition) is 3. The van der Waals surface area contributed by atoms with Crippen LogP contribution in [0, 0.1) is 6.92 Å². The highest BCUT2D eigenvalue weighted by Gasteiger charge is 1.98. The van der Waals surface area contributed by atoms with Crippen LogP contribution in [0.15, 0.2) is 18.5 Å². The molecule has 1 aromatic heterocycles. The lowest BCUT2D eigenvalue weighted by molar-refractivity contribution is 0.181. The molecule has 84 valence electrons. The van der Waals surface area contributed by atoms with Crippen LogP contribution < -0.4 is 5.32 Å². The van der Waals surface area contributed by atoms with Gasteiger partial charge in [-0.1, -0.05) is 0 Å². The smallest absolute Gasteiger partial charge is 0.0512 e. The highest BCUT2D eigenvalue weighted by atomic mass is 16.3. The second kappa shape index (κ2) is 6.53. The van der Waals surface area contributed by atoms with Crippen molar-refractivity contribution in [2.45, 2.75) is 39.3 Å². The van der Waals surface area contributed by atoms with Crippen molar-refractivity contribution in [3.8, 4) is 0 Å². The van der Waals surface area contributed by atoms with Crippen molar-refractivity contribution >= 4 is 0 Å². The molecule has 0 radical (unpaired) electrons. The van der Waals surface area contributed by atoms with Crippen molar-refractivity contribution in [1.29, 1.82) is 0 Å². The molecule has 0 amide bonds. The fourth-order valence-corrected chi connectivity index (χ4v) is 1.43. The molecule has 0 aliphatic heterocycles. The molecule has 0 saturated carbocycles. The van der Waals surface area contributed by atoms with Crippen molar-refractivity contribution in [1.82, 2.24) is 10.3 Å². The fraction of sp³-hybridized carbons (Fsp3) is 0.583. The van der Waals surface area contributed by atoms with Crippen LogP contribution >= 0.6 is 0 Å². The standard InChI is InChI=1S/C12H20N2O/c1-10-5-7-14-9-12(10)8-13-6-3-4-11(2)15/h5,7,9,11,13,15H,3-4,6,8H2,1-2H3. The molecular formula is C12H20N2O. The van der Waals surface area contributed by atoms with Gasteiger partial charge in [0.15, 0.2) is 0 Å². The van der Waals surface area contributed by atoms with Gasteiger partial charge in [-0.15, -0.1) is 0 Å². The van der Waals surface area contributed by atoms with E-state index < -0.39 is 0 Å². The molecule has 1 atom stereocenters. The predicted octanol–water partition coefficient (Wildman–Crippen LogP) is 1.64. The van der Waals surface area contributed by atoms with Gasteiger partial charge >= 0.3 is 0 Å². The van der Waals surface area contributed by atoms with E-state index in [4.69, 9.17) is 5.11 Å². The highest BCUT2D eigenvalue weighted by molar-refractivity contribution is 5.20. The zero-order valence-electron chi connectivity index (χ0n) is 9.53. The van der Waals surface area contributed by atoms with Crippen molar-refractivity contribution in [2.75, 3.05) is 6.54 Å². The Hall–Kier alpha value is -0.930. The van der Waals surface area contributed by atoms with Crippen molar-refractivity contribution < 1.29 is 5.11 Å². The van der Waals surface area contributed by atoms with Gasteiger partial charge < -0.3 is 10.4 Å². The zero-order chi connectivity index (χ0) is 11.1. The maximum absolute atomic E-state index is 9.08. The zero-order valence-corrected chi connectivity index (χ0v) is 9.53. The Morgan fingerprint density at radius 3 is 3.00 bits per heavy atom. The first-order chi connectivity index (χ1) is 7.20. The lowest BCUT2D eigenvalue weighted by atomic mass is 10.1. The van der Waals surface area contributed by atoms with E-state index in [-0.39, 0.29) is 6.10 Å². The van der Waals surface area contributed by atoms with E-state index in [1.54, 1.807) is 0 Å². The SMILES string of the molecule is Cc1ccncc1CNCCCC(C)O. The topological polar surface area (TPSA) is 45.2 Å². The number of hydrogen-bond donors (Lipinski definition) is 2. The van der Waals surface area contributed by atoms with E-state index >= 15 is 0 Å². The molecule has 0 aliphatic rings. The Kier molecular flexibility index (Phi) is 5.29. The lowest BCUT2D eigenvalue weighted by Gasteiger charge is -2.07. The number of aliphatic hydroxyl groups is 1. The summed E-state index contributed by atoms with van der Waals surface area (Å²) < 4.78 is 0. The third kappa shape index (κ3) is 4.91. The number of aliphatic hydroxyl groups excluding tert-OH is 1. The van der Waals surface area contributed by atoms with Gasteiger partial charge in [0.1, 0.15) is 0 Å². The first-order valence-electron chi connectivity index (χ1n) is 5.48. The molecule has 3 nitrogen and oxygen atoms in total. The maximum Gasteiger partial charge on any atom is 0.0512 e. The Morgan fingerprint density at radius 1 is 1.53 bits per heavy atom. The lowest BCUT2D eigenvalue weighted by Crippen LogP contribution is -2.16. The van der Waals surface area contributed by atoms with Gasteiger partial charge in [0.2, 0.25) is 0 Å². The molecule has 0 aromatic carbocycles. The summed E-state index contributed by atoms with van der Waals surface area (Å²) in [7, 11) is 0. The van der Waals surface area contributed by atoms with Crippen LogP contribution in [0.5, 0.6) is 0 Å². The number of rotatable bonds is 6. The van der Waals surface area contributed by atoms with E-state index in [0.29, 0.717) is 0 Å². The van der Waals surface area contributed by atoms with Gasteiger partial charge in [0.25, 0.3) is 0 Å². The van der Waals surface area contributed by atoms with Crippen LogP contribution in [-0.2, 0) is 6.54 Å². The van der Waals surface area contributed by atoms with Crippen molar-refractivity contribution in [3.05, 3.63) is 29.6 Å². The number of aryl methyl sites for hydroxylation is 1. The molecule has 3 heteroatoms. The van der Waals surface area contributed by atoms with Crippen LogP contribution in [0.4, 0.5) is 0 Å². The van der Waals surface area contributed by atoms with Crippen LogP contribution in [0.3, 0.4) is 0 Å². The fourth-order valence-electron chi connectivity index (χ4n) is 1.43. The summed E-state index contributed by atoms with van der Waals surface area (Å²) in [4.78, 5) is 4.09. The molecule has 0 fully saturated rings. The molecule has 2 N–H and O–H groups in total. The normalized spacial score (nSPS) is 12.7. The van der Waals surface area contributed by atoms with E-state index in [9.17, 15) is 0 Å². The summed E-state index contributed by atoms with van der Waals surface area (Å²) in [5, 5.41) is 12.4. The minimum absolute atomic E-state index is 0.188. The summed E-state index contributed by atoms with van der Waals surface area (Å²) >= 11 is 0. The van der Waals surface area contributed by atoms with E-state index in [1.807, 2.05) is 25.4 Å². The summed E-state index contributed by atoms with van der Waals surface area (Å²) in [6.07, 6.45) is 5.39. The number of nitrogens with one attached hydrogen (secondary N) is 1. The van der Waals surface area contributed by atoms with E-state index in [0.717, 1.165) is 25.9 Å². The molecule has 0 spiro atoms. The molecule has 15 heavy (non-hydrogen) atoms. The maximum atomic E-state index is 9.08. The van der Waals surface area contributed by atoms with Gasteiger partial charge in [0.05, 0.1) is 6.10 Å². The molecule has 1 rings (SSSR count). The van der Waals surface area contributed by atoms with Gasteiger partial charge in [-0.2, -0.15) is 0 Å². The highest BCUT2D eigenvalue weighted by Crippen LogP contribution is 2.04. The summed E-state index contributed by atoms with van der Waals surface area (Å²) in [5.41, 5.74) is 2.52. The molecule has 1 aromatic rings. The minimum Gasteiger partial charge on any atom is -0.393 e. The Morgan fingerprint density at radius 2 is 2.33 bits per heavy atom. The number of nitrogens with zero attached hydrogens (tertiary/aromatic N) is 1. The second-order valence-corrected chi connectivity index (χ2v) is 3.97. The van der Waals surface area contributed by atoms with E-state index in [1.165, 1.54) is 11.1 Å². The largest absolute Gasteiger partial charge is 0.393 e. The monoisotopic (exact) mass is 208 g/mol. The third-order valence-corrected chi connectivity index (χ3v) is 2.44. The van der Waals surface area contributed by atoms with Crippen molar-refractivity contribution in [3.63, 3.8) is 0 Å². The average molecular weight is 208 g/mol. The Bertz CT molecular complexity index is 287. The Labute approximate surface area is 91.5 Å². The molecule has 1 unspecified atom stereocenters. The van der Waals surface area contributed by atoms with Crippen molar-refractivity contribution in [2.24, 2.45) is 0 Å². The number of aromatic nitrogens is 1. The first kappa shape index (κ1) is 12.1. The summed E-state index contributed by atoms with van der Waals surface area (Å²) in [5.74, 6) is 0. The first-order valence-corrected chi connectivity index (χ1v) is 5.48. The van der Waals surface area contributed by atoms with Crippen LogP contribution in [0.2, 0.25) is 0 Å². The summed E-state index contributed by atoms with van der Waals surface area (Å²) in [6.45, 7) is 5.72. The quantitative estimate of drug-likeness (QED) is 0.699. The van der Waals surface area contributed by atoms with Crippen LogP contribution in [0.1, 0.15) is 30.9 Å². The Balaban J connectivity index is 2.18. The van der Waals surface area contributed by atoms with Gasteiger partial charge in [0, 0.05) is 18.9 Å². The van der Waals surface area contributed by atoms with Crippen LogP contribution in [-0.4, -0.2) is 22.7 Å². The molecule has 1 heterocycles. The van der Waals surface area contributed by atoms with E-state index in [2.05, 4.69) is 17.2 Å². The third-order valence-electron chi connectivity index (χ3n) is 2.44. The predicted molar refractivity (Wildman–Crippen MR) is 61.6 cm³/mol. The summed E-state index contributed by atoms with van der Waals surface area (Å²) in [6, 6.07) is 2.02. The van der Waals surface area contributed by atoms with Gasteiger partial charge in [-0.3, -0.25) is 4.98 Å². The van der Waals surface area contributed by atoms with Crippen LogP contribution in [0.25, 0.3) is 0 Å². The molecule has 0 saturated heterocycles. The molecule has 0 aliphatic carbocycles. The van der Waals surface area contributed by atoms with Gasteiger partial charge in [-0.05, 0) is 50.4 Å². The minimum atomic E-state index is -0.188. The second-order valence-electron chi connectivity index (χ2n) is 3.97.